The Morgan fingerprint density at radius 2 is 2.29 bits per heavy atom. The minimum atomic E-state index is -0.329. The van der Waals surface area contributed by atoms with Gasteiger partial charge in [-0.1, -0.05) is 13.3 Å². The predicted octanol–water partition coefficient (Wildman–Crippen LogP) is 2.65. The quantitative estimate of drug-likeness (QED) is 0.667. The molecule has 1 atom stereocenters. The summed E-state index contributed by atoms with van der Waals surface area (Å²) in [5, 5.41) is 19.0. The lowest BCUT2D eigenvalue weighted by molar-refractivity contribution is -0.384. The fourth-order valence-corrected chi connectivity index (χ4v) is 2.88. The lowest BCUT2D eigenvalue weighted by Gasteiger charge is -2.36. The molecule has 0 bridgehead atoms. The number of anilines is 1. The largest absolute Gasteiger partial charge is 0.375 e. The molecule has 0 radical (unpaired) electrons. The summed E-state index contributed by atoms with van der Waals surface area (Å²) in [6.45, 7) is 6.74. The molecule has 1 unspecified atom stereocenters. The lowest BCUT2D eigenvalue weighted by atomic mass is 9.94. The fraction of sp³-hybridized carbons (Fsp3) is 0.786. The van der Waals surface area contributed by atoms with Gasteiger partial charge in [0.25, 0.3) is 0 Å². The van der Waals surface area contributed by atoms with Crippen LogP contribution in [0.1, 0.15) is 45.7 Å². The van der Waals surface area contributed by atoms with Gasteiger partial charge in [-0.05, 0) is 33.1 Å². The van der Waals surface area contributed by atoms with E-state index in [9.17, 15) is 10.1 Å². The highest BCUT2D eigenvalue weighted by Crippen LogP contribution is 2.32. The zero-order valence-corrected chi connectivity index (χ0v) is 13.2. The molecule has 2 rings (SSSR count). The molecule has 118 valence electrons. The molecule has 1 aliphatic rings. The van der Waals surface area contributed by atoms with Crippen LogP contribution in [0.15, 0.2) is 0 Å². The second-order valence-corrected chi connectivity index (χ2v) is 6.22. The topological polar surface area (TPSA) is 82.2 Å². The summed E-state index contributed by atoms with van der Waals surface area (Å²) >= 11 is 0. The Labute approximate surface area is 124 Å². The van der Waals surface area contributed by atoms with Crippen LogP contribution in [0, 0.1) is 10.1 Å². The summed E-state index contributed by atoms with van der Waals surface area (Å²) in [5.41, 5.74) is 0.470. The van der Waals surface area contributed by atoms with Gasteiger partial charge in [0.2, 0.25) is 5.82 Å². The van der Waals surface area contributed by atoms with Crippen molar-refractivity contribution >= 4 is 11.5 Å². The number of rotatable bonds is 5. The normalized spacial score (nSPS) is 21.2. The van der Waals surface area contributed by atoms with Gasteiger partial charge >= 0.3 is 5.69 Å². The predicted molar refractivity (Wildman–Crippen MR) is 80.5 cm³/mol. The third-order valence-electron chi connectivity index (χ3n) is 3.80. The van der Waals surface area contributed by atoms with Gasteiger partial charge < -0.3 is 10.1 Å². The van der Waals surface area contributed by atoms with Crippen molar-refractivity contribution in [1.82, 2.24) is 9.78 Å². The molecule has 1 aliphatic heterocycles. The first kappa shape index (κ1) is 15.8. The first-order chi connectivity index (χ1) is 9.84. The van der Waals surface area contributed by atoms with Gasteiger partial charge in [-0.3, -0.25) is 10.1 Å². The van der Waals surface area contributed by atoms with Crippen LogP contribution in [-0.4, -0.2) is 33.0 Å². The Morgan fingerprint density at radius 3 is 2.86 bits per heavy atom. The Morgan fingerprint density at radius 1 is 1.57 bits per heavy atom. The minimum Gasteiger partial charge on any atom is -0.375 e. The van der Waals surface area contributed by atoms with Crippen molar-refractivity contribution < 1.29 is 9.66 Å². The highest BCUT2D eigenvalue weighted by Gasteiger charge is 2.32. The van der Waals surface area contributed by atoms with E-state index in [0.29, 0.717) is 24.5 Å². The Kier molecular flexibility index (Phi) is 4.51. The number of hydrogen-bond acceptors (Lipinski definition) is 5. The standard InChI is InChI=1S/C14H24N4O3/c1-5-6-11-12(18(19)20)13(17(4)16-11)15-10-7-8-21-14(2,3)9-10/h10,15H,5-9H2,1-4H3. The molecule has 0 aromatic carbocycles. The van der Waals surface area contributed by atoms with E-state index in [0.717, 1.165) is 19.3 Å². The van der Waals surface area contributed by atoms with E-state index in [2.05, 4.69) is 10.4 Å². The van der Waals surface area contributed by atoms with E-state index in [4.69, 9.17) is 4.74 Å². The molecule has 7 heteroatoms. The van der Waals surface area contributed by atoms with Crippen LogP contribution in [0.5, 0.6) is 0 Å². The summed E-state index contributed by atoms with van der Waals surface area (Å²) in [6.07, 6.45) is 3.11. The van der Waals surface area contributed by atoms with E-state index in [-0.39, 0.29) is 22.3 Å². The molecule has 21 heavy (non-hydrogen) atoms. The van der Waals surface area contributed by atoms with Crippen molar-refractivity contribution in [3.05, 3.63) is 15.8 Å². The van der Waals surface area contributed by atoms with E-state index in [1.54, 1.807) is 11.7 Å². The van der Waals surface area contributed by atoms with Gasteiger partial charge in [0.1, 0.15) is 5.69 Å². The van der Waals surface area contributed by atoms with Crippen molar-refractivity contribution in [1.29, 1.82) is 0 Å². The number of aromatic nitrogens is 2. The molecular formula is C14H24N4O3. The van der Waals surface area contributed by atoms with E-state index in [1.165, 1.54) is 0 Å². The van der Waals surface area contributed by atoms with Crippen LogP contribution in [-0.2, 0) is 18.2 Å². The number of nitrogens with zero attached hydrogens (tertiary/aromatic N) is 3. The minimum absolute atomic E-state index is 0.114. The number of nitrogens with one attached hydrogen (secondary N) is 1. The summed E-state index contributed by atoms with van der Waals surface area (Å²) in [7, 11) is 1.75. The van der Waals surface area contributed by atoms with Crippen LogP contribution in [0.4, 0.5) is 11.5 Å². The Hall–Kier alpha value is -1.63. The second kappa shape index (κ2) is 6.01. The van der Waals surface area contributed by atoms with E-state index in [1.807, 2.05) is 20.8 Å². The fourth-order valence-electron chi connectivity index (χ4n) is 2.88. The van der Waals surface area contributed by atoms with Crippen molar-refractivity contribution in [2.24, 2.45) is 7.05 Å². The first-order valence-electron chi connectivity index (χ1n) is 7.45. The van der Waals surface area contributed by atoms with E-state index < -0.39 is 0 Å². The average Bonchev–Trinajstić information content (AvgIpc) is 2.65. The molecule has 0 spiro atoms. The maximum atomic E-state index is 11.4. The van der Waals surface area contributed by atoms with E-state index >= 15 is 0 Å². The average molecular weight is 296 g/mol. The molecule has 2 heterocycles. The number of nitro groups is 1. The zero-order valence-electron chi connectivity index (χ0n) is 13.2. The summed E-state index contributed by atoms with van der Waals surface area (Å²) in [4.78, 5) is 11.1. The highest BCUT2D eigenvalue weighted by atomic mass is 16.6. The lowest BCUT2D eigenvalue weighted by Crippen LogP contribution is -2.40. The van der Waals surface area contributed by atoms with Crippen molar-refractivity contribution in [3.8, 4) is 0 Å². The van der Waals surface area contributed by atoms with Crippen LogP contribution < -0.4 is 5.32 Å². The van der Waals surface area contributed by atoms with Gasteiger partial charge in [0, 0.05) is 19.7 Å². The molecule has 1 saturated heterocycles. The van der Waals surface area contributed by atoms with Crippen LogP contribution in [0.2, 0.25) is 0 Å². The maximum absolute atomic E-state index is 11.4. The first-order valence-corrected chi connectivity index (χ1v) is 7.45. The van der Waals surface area contributed by atoms with Crippen molar-refractivity contribution in [2.75, 3.05) is 11.9 Å². The summed E-state index contributed by atoms with van der Waals surface area (Å²) in [5.74, 6) is 0.506. The molecule has 0 saturated carbocycles. The second-order valence-electron chi connectivity index (χ2n) is 6.22. The molecule has 7 nitrogen and oxygen atoms in total. The van der Waals surface area contributed by atoms with Crippen LogP contribution >= 0.6 is 0 Å². The van der Waals surface area contributed by atoms with Gasteiger partial charge in [-0.15, -0.1) is 0 Å². The number of ether oxygens (including phenoxy) is 1. The molecule has 1 fully saturated rings. The van der Waals surface area contributed by atoms with Crippen LogP contribution in [0.25, 0.3) is 0 Å². The number of hydrogen-bond donors (Lipinski definition) is 1. The molecule has 1 aromatic rings. The van der Waals surface area contributed by atoms with Gasteiger partial charge in [-0.2, -0.15) is 5.10 Å². The summed E-state index contributed by atoms with van der Waals surface area (Å²) in [6, 6.07) is 0.164. The third kappa shape index (κ3) is 3.53. The van der Waals surface area contributed by atoms with Crippen molar-refractivity contribution in [3.63, 3.8) is 0 Å². The molecule has 0 amide bonds. The molecule has 1 N–H and O–H groups in total. The Balaban J connectivity index is 2.25. The maximum Gasteiger partial charge on any atom is 0.333 e. The smallest absolute Gasteiger partial charge is 0.333 e. The molecule has 1 aromatic heterocycles. The number of aryl methyl sites for hydroxylation is 2. The van der Waals surface area contributed by atoms with Gasteiger partial charge in [0.05, 0.1) is 10.5 Å². The molecular weight excluding hydrogens is 272 g/mol. The van der Waals surface area contributed by atoms with Crippen LogP contribution in [0.3, 0.4) is 0 Å². The SMILES string of the molecule is CCCc1nn(C)c(NC2CCOC(C)(C)C2)c1[N+](=O)[O-]. The highest BCUT2D eigenvalue weighted by molar-refractivity contribution is 5.60. The Bertz CT molecular complexity index is 525. The monoisotopic (exact) mass is 296 g/mol. The molecule has 0 aliphatic carbocycles. The van der Waals surface area contributed by atoms with Crippen molar-refractivity contribution in [2.45, 2.75) is 58.1 Å². The third-order valence-corrected chi connectivity index (χ3v) is 3.80. The zero-order chi connectivity index (χ0) is 15.6. The summed E-state index contributed by atoms with van der Waals surface area (Å²) < 4.78 is 7.28. The van der Waals surface area contributed by atoms with Gasteiger partial charge in [-0.25, -0.2) is 4.68 Å². The van der Waals surface area contributed by atoms with Gasteiger partial charge in [0.15, 0.2) is 0 Å².